The summed E-state index contributed by atoms with van der Waals surface area (Å²) in [4.78, 5) is 14.6. The maximum absolute atomic E-state index is 12.5. The van der Waals surface area contributed by atoms with E-state index in [0.29, 0.717) is 12.1 Å². The molecule has 3 aromatic rings. The van der Waals surface area contributed by atoms with E-state index in [1.165, 1.54) is 5.56 Å². The number of aryl methyl sites for hydroxylation is 2. The lowest BCUT2D eigenvalue weighted by Crippen LogP contribution is -2.22. The van der Waals surface area contributed by atoms with Crippen molar-refractivity contribution in [3.63, 3.8) is 0 Å². The van der Waals surface area contributed by atoms with Crippen LogP contribution in [0.4, 0.5) is 0 Å². The van der Waals surface area contributed by atoms with Crippen molar-refractivity contribution in [3.8, 4) is 11.1 Å². The van der Waals surface area contributed by atoms with Crippen LogP contribution in [-0.4, -0.2) is 34.7 Å². The van der Waals surface area contributed by atoms with Crippen LogP contribution in [0.1, 0.15) is 27.2 Å². The third kappa shape index (κ3) is 4.83. The van der Waals surface area contributed by atoms with E-state index in [1.54, 1.807) is 4.68 Å². The molecule has 1 heterocycles. The van der Waals surface area contributed by atoms with Gasteiger partial charge in [0, 0.05) is 37.5 Å². The molecule has 0 aliphatic rings. The summed E-state index contributed by atoms with van der Waals surface area (Å²) >= 11 is 0. The Hall–Kier alpha value is -2.92. The summed E-state index contributed by atoms with van der Waals surface area (Å²) in [5.41, 5.74) is 6.13. The highest BCUT2D eigenvalue weighted by Gasteiger charge is 2.09. The number of carbonyl (C=O) groups is 1. The minimum atomic E-state index is -0.0672. The maximum Gasteiger partial charge on any atom is 0.251 e. The Balaban J connectivity index is 1.64. The predicted molar refractivity (Wildman–Crippen MR) is 108 cm³/mol. The Morgan fingerprint density at radius 3 is 2.44 bits per heavy atom. The molecule has 0 radical (unpaired) electrons. The number of hydrogen-bond acceptors (Lipinski definition) is 3. The molecule has 3 rings (SSSR count). The van der Waals surface area contributed by atoms with Crippen molar-refractivity contribution in [2.75, 3.05) is 14.1 Å². The molecule has 0 atom stereocenters. The van der Waals surface area contributed by atoms with E-state index in [2.05, 4.69) is 27.4 Å². The van der Waals surface area contributed by atoms with Gasteiger partial charge >= 0.3 is 0 Å². The summed E-state index contributed by atoms with van der Waals surface area (Å²) < 4.78 is 1.80. The Morgan fingerprint density at radius 2 is 1.81 bits per heavy atom. The molecular weight excluding hydrogens is 336 g/mol. The van der Waals surface area contributed by atoms with Crippen molar-refractivity contribution in [3.05, 3.63) is 77.1 Å². The van der Waals surface area contributed by atoms with Gasteiger partial charge in [-0.1, -0.05) is 36.4 Å². The van der Waals surface area contributed by atoms with Gasteiger partial charge in [-0.3, -0.25) is 9.48 Å². The molecule has 1 aromatic heterocycles. The normalized spacial score (nSPS) is 11.0. The van der Waals surface area contributed by atoms with Crippen LogP contribution in [0, 0.1) is 6.92 Å². The quantitative estimate of drug-likeness (QED) is 0.731. The van der Waals surface area contributed by atoms with Crippen molar-refractivity contribution >= 4 is 5.91 Å². The summed E-state index contributed by atoms with van der Waals surface area (Å²) in [6, 6.07) is 16.0. The van der Waals surface area contributed by atoms with Gasteiger partial charge in [0.2, 0.25) is 0 Å². The second kappa shape index (κ2) is 8.18. The monoisotopic (exact) mass is 362 g/mol. The van der Waals surface area contributed by atoms with Crippen LogP contribution in [-0.2, 0) is 20.1 Å². The van der Waals surface area contributed by atoms with Crippen LogP contribution in [0.15, 0.2) is 54.7 Å². The van der Waals surface area contributed by atoms with E-state index in [4.69, 9.17) is 0 Å². The highest BCUT2D eigenvalue weighted by molar-refractivity contribution is 5.94. The van der Waals surface area contributed by atoms with Gasteiger partial charge in [-0.05, 0) is 49.8 Å². The topological polar surface area (TPSA) is 50.2 Å². The van der Waals surface area contributed by atoms with E-state index >= 15 is 0 Å². The van der Waals surface area contributed by atoms with Crippen molar-refractivity contribution in [2.24, 2.45) is 7.05 Å². The van der Waals surface area contributed by atoms with E-state index in [9.17, 15) is 4.79 Å². The van der Waals surface area contributed by atoms with Gasteiger partial charge < -0.3 is 10.2 Å². The maximum atomic E-state index is 12.5. The lowest BCUT2D eigenvalue weighted by atomic mass is 10.0. The van der Waals surface area contributed by atoms with Crippen LogP contribution in [0.25, 0.3) is 11.1 Å². The van der Waals surface area contributed by atoms with Crippen molar-refractivity contribution < 1.29 is 4.79 Å². The molecule has 27 heavy (non-hydrogen) atoms. The average molecular weight is 362 g/mol. The molecular formula is C22H26N4O. The van der Waals surface area contributed by atoms with Crippen LogP contribution in [0.2, 0.25) is 0 Å². The first-order chi connectivity index (χ1) is 12.9. The average Bonchev–Trinajstić information content (AvgIpc) is 2.98. The minimum Gasteiger partial charge on any atom is -0.348 e. The molecule has 5 nitrogen and oxygen atoms in total. The third-order valence-electron chi connectivity index (χ3n) is 4.41. The van der Waals surface area contributed by atoms with Crippen molar-refractivity contribution in [2.45, 2.75) is 20.0 Å². The minimum absolute atomic E-state index is 0.0672. The first-order valence-corrected chi connectivity index (χ1v) is 9.04. The van der Waals surface area contributed by atoms with Gasteiger partial charge in [0.25, 0.3) is 5.91 Å². The molecule has 2 aromatic carbocycles. The number of hydrogen-bond donors (Lipinski definition) is 1. The Kier molecular flexibility index (Phi) is 5.72. The lowest BCUT2D eigenvalue weighted by molar-refractivity contribution is 0.0951. The fourth-order valence-electron chi connectivity index (χ4n) is 3.17. The molecule has 0 spiro atoms. The lowest BCUT2D eigenvalue weighted by Gasteiger charge is -2.11. The summed E-state index contributed by atoms with van der Waals surface area (Å²) in [7, 11) is 6.00. The van der Waals surface area contributed by atoms with Gasteiger partial charge in [-0.25, -0.2) is 0 Å². The van der Waals surface area contributed by atoms with Crippen LogP contribution in [0.5, 0.6) is 0 Å². The van der Waals surface area contributed by atoms with Crippen LogP contribution in [0.3, 0.4) is 0 Å². The molecule has 0 saturated carbocycles. The second-order valence-corrected chi connectivity index (χ2v) is 7.12. The van der Waals surface area contributed by atoms with Crippen LogP contribution >= 0.6 is 0 Å². The summed E-state index contributed by atoms with van der Waals surface area (Å²) in [5.74, 6) is -0.0672. The van der Waals surface area contributed by atoms with E-state index in [-0.39, 0.29) is 5.91 Å². The standard InChI is InChI=1S/C22H26N4O/c1-16-21(15-26(4)24-16)19-8-10-20(11-9-19)22(27)23-13-17-6-5-7-18(12-17)14-25(2)3/h5-12,15H,13-14H2,1-4H3,(H,23,27). The zero-order valence-corrected chi connectivity index (χ0v) is 16.4. The van der Waals surface area contributed by atoms with E-state index < -0.39 is 0 Å². The molecule has 1 amide bonds. The molecule has 140 valence electrons. The number of benzene rings is 2. The third-order valence-corrected chi connectivity index (χ3v) is 4.41. The van der Waals surface area contributed by atoms with Crippen molar-refractivity contribution in [1.29, 1.82) is 0 Å². The van der Waals surface area contributed by atoms with Crippen LogP contribution < -0.4 is 5.32 Å². The molecule has 0 aliphatic carbocycles. The number of rotatable bonds is 6. The fraction of sp³-hybridized carbons (Fsp3) is 0.273. The summed E-state index contributed by atoms with van der Waals surface area (Å²) in [6.45, 7) is 3.39. The summed E-state index contributed by atoms with van der Waals surface area (Å²) in [5, 5.41) is 7.37. The van der Waals surface area contributed by atoms with Gasteiger partial charge in [-0.2, -0.15) is 5.10 Å². The SMILES string of the molecule is Cc1nn(C)cc1-c1ccc(C(=O)NCc2cccc(CN(C)C)c2)cc1. The van der Waals surface area contributed by atoms with Gasteiger partial charge in [0.05, 0.1) is 5.69 Å². The number of nitrogens with zero attached hydrogens (tertiary/aromatic N) is 3. The Bertz CT molecular complexity index is 926. The highest BCUT2D eigenvalue weighted by Crippen LogP contribution is 2.22. The smallest absolute Gasteiger partial charge is 0.251 e. The molecule has 0 bridgehead atoms. The molecule has 5 heteroatoms. The first-order valence-electron chi connectivity index (χ1n) is 9.04. The molecule has 0 aliphatic heterocycles. The van der Waals surface area contributed by atoms with E-state index in [0.717, 1.165) is 28.9 Å². The second-order valence-electron chi connectivity index (χ2n) is 7.12. The summed E-state index contributed by atoms with van der Waals surface area (Å²) in [6.07, 6.45) is 1.99. The number of carbonyl (C=O) groups excluding carboxylic acids is 1. The largest absolute Gasteiger partial charge is 0.348 e. The zero-order chi connectivity index (χ0) is 19.4. The number of amides is 1. The van der Waals surface area contributed by atoms with Gasteiger partial charge in [0.1, 0.15) is 0 Å². The fourth-order valence-corrected chi connectivity index (χ4v) is 3.17. The predicted octanol–water partition coefficient (Wildman–Crippen LogP) is 3.39. The highest BCUT2D eigenvalue weighted by atomic mass is 16.1. The van der Waals surface area contributed by atoms with Gasteiger partial charge in [0.15, 0.2) is 0 Å². The van der Waals surface area contributed by atoms with Crippen molar-refractivity contribution in [1.82, 2.24) is 20.0 Å². The Morgan fingerprint density at radius 1 is 1.11 bits per heavy atom. The number of nitrogens with one attached hydrogen (secondary N) is 1. The molecule has 0 saturated heterocycles. The zero-order valence-electron chi connectivity index (χ0n) is 16.4. The molecule has 0 fully saturated rings. The molecule has 1 N–H and O–H groups in total. The first kappa shape index (κ1) is 18.9. The number of aromatic nitrogens is 2. The van der Waals surface area contributed by atoms with E-state index in [1.807, 2.05) is 70.7 Å². The van der Waals surface area contributed by atoms with Gasteiger partial charge in [-0.15, -0.1) is 0 Å². The Labute approximate surface area is 160 Å². The molecule has 0 unspecified atom stereocenters.